The van der Waals surface area contributed by atoms with E-state index in [0.29, 0.717) is 23.9 Å². The summed E-state index contributed by atoms with van der Waals surface area (Å²) in [6.07, 6.45) is 37.4. The lowest BCUT2D eigenvalue weighted by Crippen LogP contribution is -2.45. The molecule has 0 aromatic heterocycles. The van der Waals surface area contributed by atoms with Gasteiger partial charge in [-0.3, -0.25) is 13.8 Å². The topological polar surface area (TPSA) is 146 Å². The van der Waals surface area contributed by atoms with Crippen molar-refractivity contribution in [1.29, 1.82) is 0 Å². The number of hydrogen-bond donors (Lipinski definition) is 5. The third kappa shape index (κ3) is 36.2. The molecule has 0 radical (unpaired) electrons. The van der Waals surface area contributed by atoms with E-state index in [0.717, 1.165) is 44.9 Å². The summed E-state index contributed by atoms with van der Waals surface area (Å²) < 4.78 is 23.4. The van der Waals surface area contributed by atoms with Crippen LogP contribution >= 0.6 is 7.82 Å². The summed E-state index contributed by atoms with van der Waals surface area (Å²) in [4.78, 5) is 23.1. The second-order valence-electron chi connectivity index (χ2n) is 15.6. The predicted octanol–water partition coefficient (Wildman–Crippen LogP) is 9.41. The molecule has 5 N–H and O–H groups in total. The predicted molar refractivity (Wildman–Crippen MR) is 229 cm³/mol. The Hall–Kier alpha value is -1.88. The zero-order valence-corrected chi connectivity index (χ0v) is 36.3. The Bertz CT molecular complexity index is 1120. The van der Waals surface area contributed by atoms with E-state index in [1.54, 1.807) is 6.08 Å². The van der Waals surface area contributed by atoms with Gasteiger partial charge in [-0.25, -0.2) is 4.57 Å². The molecule has 1 amide bonds. The van der Waals surface area contributed by atoms with Crippen molar-refractivity contribution in [3.8, 4) is 0 Å². The molecular formula is C44H82N2O8P+. The average Bonchev–Trinajstić information content (AvgIpc) is 3.13. The SMILES string of the molecule is CC/C=C\C/C=C\C/C=C\C/C=C\C[C@@H](O)[C@H](O)CCCC(=O)N[C@@H](COP(=O)(O)OCC[N+](C)(C)C)[C@H](O)/C=C/CCCCCCCCCCCCCC. The van der Waals surface area contributed by atoms with Gasteiger partial charge < -0.3 is 30.0 Å². The van der Waals surface area contributed by atoms with Gasteiger partial charge in [-0.15, -0.1) is 0 Å². The molecule has 0 bridgehead atoms. The maximum atomic E-state index is 12.9. The summed E-state index contributed by atoms with van der Waals surface area (Å²) in [5.41, 5.74) is 0. The zero-order chi connectivity index (χ0) is 41.0. The van der Waals surface area contributed by atoms with E-state index in [9.17, 15) is 29.6 Å². The smallest absolute Gasteiger partial charge is 0.390 e. The van der Waals surface area contributed by atoms with E-state index >= 15 is 0 Å². The second kappa shape index (κ2) is 35.3. The van der Waals surface area contributed by atoms with E-state index in [-0.39, 0.29) is 19.4 Å². The number of nitrogens with one attached hydrogen (secondary N) is 1. The summed E-state index contributed by atoms with van der Waals surface area (Å²) in [7, 11) is 1.38. The Morgan fingerprint density at radius 2 is 1.22 bits per heavy atom. The van der Waals surface area contributed by atoms with Crippen molar-refractivity contribution in [1.82, 2.24) is 5.32 Å². The van der Waals surface area contributed by atoms with Gasteiger partial charge in [-0.1, -0.05) is 145 Å². The van der Waals surface area contributed by atoms with Crippen LogP contribution in [0.4, 0.5) is 0 Å². The van der Waals surface area contributed by atoms with Crippen molar-refractivity contribution < 1.29 is 43.1 Å². The largest absolute Gasteiger partial charge is 0.472 e. The van der Waals surface area contributed by atoms with Gasteiger partial charge in [0.15, 0.2) is 0 Å². The molecule has 0 aromatic rings. The molecule has 0 aliphatic rings. The van der Waals surface area contributed by atoms with Crippen LogP contribution in [-0.4, -0.2) is 95.9 Å². The van der Waals surface area contributed by atoms with Gasteiger partial charge in [-0.05, 0) is 57.8 Å². The van der Waals surface area contributed by atoms with E-state index < -0.39 is 44.7 Å². The van der Waals surface area contributed by atoms with Crippen LogP contribution in [0.25, 0.3) is 0 Å². The van der Waals surface area contributed by atoms with Gasteiger partial charge in [-0.2, -0.15) is 0 Å². The van der Waals surface area contributed by atoms with Crippen LogP contribution < -0.4 is 5.32 Å². The summed E-state index contributed by atoms with van der Waals surface area (Å²) >= 11 is 0. The molecule has 0 rings (SSSR count). The highest BCUT2D eigenvalue weighted by molar-refractivity contribution is 7.47. The van der Waals surface area contributed by atoms with Crippen LogP contribution in [0.5, 0.6) is 0 Å². The summed E-state index contributed by atoms with van der Waals surface area (Å²) in [6, 6.07) is -0.984. The lowest BCUT2D eigenvalue weighted by atomic mass is 10.0. The molecule has 0 aliphatic heterocycles. The van der Waals surface area contributed by atoms with Crippen LogP contribution in [0.1, 0.15) is 149 Å². The molecule has 0 saturated heterocycles. The Morgan fingerprint density at radius 1 is 0.691 bits per heavy atom. The number of carbonyl (C=O) groups excluding carboxylic acids is 1. The molecule has 10 nitrogen and oxygen atoms in total. The lowest BCUT2D eigenvalue weighted by Gasteiger charge is -2.25. The fourth-order valence-electron chi connectivity index (χ4n) is 5.66. The molecule has 320 valence electrons. The molecule has 0 saturated carbocycles. The number of amides is 1. The average molecular weight is 798 g/mol. The first-order valence-electron chi connectivity index (χ1n) is 21.3. The molecular weight excluding hydrogens is 715 g/mol. The Labute approximate surface area is 336 Å². The van der Waals surface area contributed by atoms with Gasteiger partial charge in [0.2, 0.25) is 5.91 Å². The molecule has 5 atom stereocenters. The number of likely N-dealkylation sites (N-methyl/N-ethyl adjacent to an activating group) is 1. The third-order valence-corrected chi connectivity index (χ3v) is 10.2. The molecule has 0 aliphatic carbocycles. The van der Waals surface area contributed by atoms with E-state index in [1.165, 1.54) is 64.2 Å². The van der Waals surface area contributed by atoms with E-state index in [1.807, 2.05) is 39.4 Å². The Morgan fingerprint density at radius 3 is 1.76 bits per heavy atom. The normalized spacial score (nSPS) is 16.2. The number of aliphatic hydroxyl groups is 3. The summed E-state index contributed by atoms with van der Waals surface area (Å²) in [6.45, 7) is 4.43. The number of hydrogen-bond acceptors (Lipinski definition) is 7. The van der Waals surface area contributed by atoms with Crippen molar-refractivity contribution in [2.75, 3.05) is 40.9 Å². The van der Waals surface area contributed by atoms with E-state index in [4.69, 9.17) is 9.05 Å². The number of aliphatic hydroxyl groups excluding tert-OH is 3. The maximum absolute atomic E-state index is 12.9. The number of rotatable bonds is 37. The first-order valence-corrected chi connectivity index (χ1v) is 22.8. The maximum Gasteiger partial charge on any atom is 0.472 e. The fourth-order valence-corrected chi connectivity index (χ4v) is 6.39. The highest BCUT2D eigenvalue weighted by Crippen LogP contribution is 2.43. The van der Waals surface area contributed by atoms with Crippen LogP contribution in [0.15, 0.2) is 60.8 Å². The summed E-state index contributed by atoms with van der Waals surface area (Å²) in [5, 5.41) is 34.5. The van der Waals surface area contributed by atoms with Crippen LogP contribution in [0, 0.1) is 0 Å². The molecule has 1 unspecified atom stereocenters. The first kappa shape index (κ1) is 53.1. The number of quaternary nitrogens is 1. The van der Waals surface area contributed by atoms with Crippen LogP contribution in [0.2, 0.25) is 0 Å². The Kier molecular flexibility index (Phi) is 34.1. The number of phosphoric acid groups is 1. The Balaban J connectivity index is 4.75. The van der Waals surface area contributed by atoms with Gasteiger partial charge in [0, 0.05) is 6.42 Å². The lowest BCUT2D eigenvalue weighted by molar-refractivity contribution is -0.870. The quantitative estimate of drug-likeness (QED) is 0.0181. The first-order chi connectivity index (χ1) is 26.3. The molecule has 11 heteroatoms. The fraction of sp³-hybridized carbons (Fsp3) is 0.750. The number of phosphoric ester groups is 1. The van der Waals surface area contributed by atoms with Crippen molar-refractivity contribution >= 4 is 13.7 Å². The number of nitrogens with zero attached hydrogens (tertiary/aromatic N) is 1. The van der Waals surface area contributed by atoms with E-state index in [2.05, 4.69) is 55.6 Å². The number of unbranched alkanes of at least 4 members (excludes halogenated alkanes) is 12. The monoisotopic (exact) mass is 798 g/mol. The minimum Gasteiger partial charge on any atom is -0.390 e. The number of carbonyl (C=O) groups is 1. The molecule has 0 fully saturated rings. The van der Waals surface area contributed by atoms with Crippen molar-refractivity contribution in [2.45, 2.75) is 173 Å². The minimum absolute atomic E-state index is 0.00622. The molecule has 0 aromatic carbocycles. The van der Waals surface area contributed by atoms with Crippen molar-refractivity contribution in [3.05, 3.63) is 60.8 Å². The van der Waals surface area contributed by atoms with Gasteiger partial charge >= 0.3 is 7.82 Å². The second-order valence-corrected chi connectivity index (χ2v) is 17.1. The van der Waals surface area contributed by atoms with Crippen LogP contribution in [0.3, 0.4) is 0 Å². The van der Waals surface area contributed by atoms with Crippen LogP contribution in [-0.2, 0) is 18.4 Å². The van der Waals surface area contributed by atoms with Gasteiger partial charge in [0.1, 0.15) is 13.2 Å². The molecule has 55 heavy (non-hydrogen) atoms. The third-order valence-electron chi connectivity index (χ3n) is 9.19. The minimum atomic E-state index is -4.42. The molecule has 0 heterocycles. The van der Waals surface area contributed by atoms with Crippen molar-refractivity contribution in [3.63, 3.8) is 0 Å². The zero-order valence-electron chi connectivity index (χ0n) is 35.4. The molecule has 0 spiro atoms. The number of allylic oxidation sites excluding steroid dienone is 8. The standard InChI is InChI=1S/C44H81N2O8P/c1-6-8-10-12-14-16-18-20-21-23-24-26-28-30-33-41(47)40(39-54-55(51,52)53-38-37-46(3,4)5)45-44(50)36-32-35-43(49)42(48)34-31-29-27-25-22-19-17-15-13-11-9-7-2/h9,11,15,17,22,25,29-31,33,40-43,47-49H,6-8,10,12-14,16,18-21,23-24,26-28,32,34-39H2,1-5H3,(H-,45,50,51,52)/p+1/b11-9-,17-15-,25-22-,31-29-,33-30+/t40-,41+,42+,43+/m0/s1. The van der Waals surface area contributed by atoms with Crippen molar-refractivity contribution in [2.24, 2.45) is 0 Å². The highest BCUT2D eigenvalue weighted by atomic mass is 31.2. The summed E-state index contributed by atoms with van der Waals surface area (Å²) in [5.74, 6) is -0.402. The highest BCUT2D eigenvalue weighted by Gasteiger charge is 2.28. The van der Waals surface area contributed by atoms with Gasteiger partial charge in [0.25, 0.3) is 0 Å². The van der Waals surface area contributed by atoms with Gasteiger partial charge in [0.05, 0.1) is 52.1 Å².